The van der Waals surface area contributed by atoms with E-state index in [9.17, 15) is 9.90 Å². The number of amides is 1. The number of rotatable bonds is 3. The maximum absolute atomic E-state index is 11.4. The Morgan fingerprint density at radius 3 is 2.69 bits per heavy atom. The summed E-state index contributed by atoms with van der Waals surface area (Å²) in [6.07, 6.45) is 0. The van der Waals surface area contributed by atoms with Crippen molar-refractivity contribution in [1.82, 2.24) is 4.90 Å². The third kappa shape index (κ3) is 2.40. The fraction of sp³-hybridized carbons (Fsp3) is 0.875. The van der Waals surface area contributed by atoms with Crippen molar-refractivity contribution in [1.29, 1.82) is 0 Å². The van der Waals surface area contributed by atoms with Crippen LogP contribution in [0.3, 0.4) is 0 Å². The lowest BCUT2D eigenvalue weighted by Gasteiger charge is -2.45. The topological polar surface area (TPSA) is 75.8 Å². The summed E-state index contributed by atoms with van der Waals surface area (Å²) in [7, 11) is 1.50. The average Bonchev–Trinajstić information content (AvgIpc) is 1.99. The van der Waals surface area contributed by atoms with Gasteiger partial charge in [-0.1, -0.05) is 0 Å². The van der Waals surface area contributed by atoms with Crippen LogP contribution in [0, 0.1) is 0 Å². The number of carbonyl (C=O) groups is 1. The molecular formula is C8H16N2O3. The van der Waals surface area contributed by atoms with Crippen LogP contribution in [0.1, 0.15) is 6.92 Å². The van der Waals surface area contributed by atoms with Gasteiger partial charge in [0.2, 0.25) is 5.91 Å². The summed E-state index contributed by atoms with van der Waals surface area (Å²) in [5.74, 6) is -0.159. The van der Waals surface area contributed by atoms with Crippen LogP contribution in [0.4, 0.5) is 0 Å². The number of nitrogens with two attached hydrogens (primary N) is 1. The van der Waals surface area contributed by atoms with Crippen molar-refractivity contribution in [2.45, 2.75) is 18.6 Å². The van der Waals surface area contributed by atoms with Crippen molar-refractivity contribution in [2.75, 3.05) is 26.8 Å². The molecule has 0 aromatic heterocycles. The molecule has 0 aliphatic carbocycles. The second-order valence-corrected chi connectivity index (χ2v) is 3.75. The first-order chi connectivity index (χ1) is 5.96. The molecule has 1 amide bonds. The third-order valence-corrected chi connectivity index (χ3v) is 2.04. The fourth-order valence-corrected chi connectivity index (χ4v) is 1.42. The predicted octanol–water partition coefficient (Wildman–Crippen LogP) is -1.45. The molecule has 0 radical (unpaired) electrons. The normalized spacial score (nSPS) is 22.3. The molecule has 0 aromatic carbocycles. The van der Waals surface area contributed by atoms with Crippen LogP contribution in [0.25, 0.3) is 0 Å². The number of likely N-dealkylation sites (tertiary alicyclic amines) is 1. The van der Waals surface area contributed by atoms with E-state index in [0.717, 1.165) is 0 Å². The molecule has 1 aliphatic heterocycles. The molecule has 1 fully saturated rings. The summed E-state index contributed by atoms with van der Waals surface area (Å²) < 4.78 is 4.76. The van der Waals surface area contributed by atoms with E-state index in [1.807, 2.05) is 0 Å². The smallest absolute Gasteiger partial charge is 0.242 e. The highest BCUT2D eigenvalue weighted by Gasteiger charge is 2.40. The highest BCUT2D eigenvalue weighted by molar-refractivity contribution is 5.82. The van der Waals surface area contributed by atoms with Gasteiger partial charge < -0.3 is 20.5 Å². The minimum atomic E-state index is -0.734. The maximum Gasteiger partial charge on any atom is 0.242 e. The standard InChI is InChI=1S/C8H16N2O3/c1-8(12)4-10(5-8)7(11)6(9)3-13-2/h6,12H,3-5,9H2,1-2H3. The van der Waals surface area contributed by atoms with E-state index in [4.69, 9.17) is 10.5 Å². The van der Waals surface area contributed by atoms with Gasteiger partial charge in [0.05, 0.1) is 25.3 Å². The summed E-state index contributed by atoms with van der Waals surface area (Å²) in [6, 6.07) is -0.610. The van der Waals surface area contributed by atoms with Crippen molar-refractivity contribution in [2.24, 2.45) is 5.73 Å². The van der Waals surface area contributed by atoms with Crippen LogP contribution < -0.4 is 5.73 Å². The van der Waals surface area contributed by atoms with Gasteiger partial charge in [-0.25, -0.2) is 0 Å². The van der Waals surface area contributed by atoms with Crippen LogP contribution in [-0.4, -0.2) is 54.4 Å². The minimum absolute atomic E-state index is 0.159. The molecule has 0 aromatic rings. The second kappa shape index (κ2) is 3.61. The molecule has 3 N–H and O–H groups in total. The van der Waals surface area contributed by atoms with Gasteiger partial charge in [-0.2, -0.15) is 0 Å². The number of carbonyl (C=O) groups excluding carboxylic acids is 1. The van der Waals surface area contributed by atoms with Gasteiger partial charge in [-0.15, -0.1) is 0 Å². The van der Waals surface area contributed by atoms with E-state index in [2.05, 4.69) is 0 Å². The summed E-state index contributed by atoms with van der Waals surface area (Å²) in [4.78, 5) is 12.9. The lowest BCUT2D eigenvalue weighted by Crippen LogP contribution is -2.64. The van der Waals surface area contributed by atoms with Gasteiger partial charge in [-0.3, -0.25) is 4.79 Å². The monoisotopic (exact) mass is 188 g/mol. The van der Waals surface area contributed by atoms with Crippen LogP contribution in [0.5, 0.6) is 0 Å². The molecule has 0 spiro atoms. The Kier molecular flexibility index (Phi) is 2.90. The number of hydrogen-bond acceptors (Lipinski definition) is 4. The molecule has 13 heavy (non-hydrogen) atoms. The zero-order valence-corrected chi connectivity index (χ0v) is 7.99. The molecule has 1 unspecified atom stereocenters. The van der Waals surface area contributed by atoms with Crippen LogP contribution >= 0.6 is 0 Å². The van der Waals surface area contributed by atoms with Gasteiger partial charge in [0.25, 0.3) is 0 Å². The zero-order valence-electron chi connectivity index (χ0n) is 7.99. The number of hydrogen-bond donors (Lipinski definition) is 2. The second-order valence-electron chi connectivity index (χ2n) is 3.75. The predicted molar refractivity (Wildman–Crippen MR) is 47.1 cm³/mol. The fourth-order valence-electron chi connectivity index (χ4n) is 1.42. The number of ether oxygens (including phenoxy) is 1. The van der Waals surface area contributed by atoms with Crippen LogP contribution in [-0.2, 0) is 9.53 Å². The highest BCUT2D eigenvalue weighted by Crippen LogP contribution is 2.19. The molecule has 5 heteroatoms. The number of methoxy groups -OCH3 is 1. The molecule has 1 atom stereocenters. The summed E-state index contributed by atoms with van der Waals surface area (Å²) in [6.45, 7) is 2.64. The lowest BCUT2D eigenvalue weighted by atomic mass is 9.96. The van der Waals surface area contributed by atoms with Crippen molar-refractivity contribution in [3.63, 3.8) is 0 Å². The molecule has 76 valence electrons. The molecule has 0 saturated carbocycles. The highest BCUT2D eigenvalue weighted by atomic mass is 16.5. The van der Waals surface area contributed by atoms with E-state index >= 15 is 0 Å². The Morgan fingerprint density at radius 2 is 2.31 bits per heavy atom. The first kappa shape index (κ1) is 10.4. The van der Waals surface area contributed by atoms with Gasteiger partial charge in [0.15, 0.2) is 0 Å². The van der Waals surface area contributed by atoms with E-state index < -0.39 is 11.6 Å². The molecule has 1 rings (SSSR count). The van der Waals surface area contributed by atoms with E-state index in [1.54, 1.807) is 6.92 Å². The van der Waals surface area contributed by atoms with Crippen molar-refractivity contribution in [3.8, 4) is 0 Å². The van der Waals surface area contributed by atoms with Crippen molar-refractivity contribution >= 4 is 5.91 Å². The zero-order chi connectivity index (χ0) is 10.1. The Morgan fingerprint density at radius 1 is 1.77 bits per heavy atom. The Bertz CT molecular complexity index is 198. The molecule has 0 bridgehead atoms. The lowest BCUT2D eigenvalue weighted by molar-refractivity contribution is -0.154. The first-order valence-electron chi connectivity index (χ1n) is 4.22. The quantitative estimate of drug-likeness (QED) is 0.568. The van der Waals surface area contributed by atoms with Gasteiger partial charge in [0.1, 0.15) is 6.04 Å². The van der Waals surface area contributed by atoms with Gasteiger partial charge in [-0.05, 0) is 6.92 Å². The number of aliphatic hydroxyl groups is 1. The van der Waals surface area contributed by atoms with Crippen LogP contribution in [0.2, 0.25) is 0 Å². The molecule has 5 nitrogen and oxygen atoms in total. The molecule has 1 saturated heterocycles. The van der Waals surface area contributed by atoms with Gasteiger partial charge >= 0.3 is 0 Å². The van der Waals surface area contributed by atoms with Crippen molar-refractivity contribution < 1.29 is 14.6 Å². The Labute approximate surface area is 77.5 Å². The van der Waals surface area contributed by atoms with Crippen LogP contribution in [0.15, 0.2) is 0 Å². The first-order valence-corrected chi connectivity index (χ1v) is 4.22. The molecule has 1 aliphatic rings. The average molecular weight is 188 g/mol. The van der Waals surface area contributed by atoms with Crippen molar-refractivity contribution in [3.05, 3.63) is 0 Å². The van der Waals surface area contributed by atoms with E-state index in [-0.39, 0.29) is 12.5 Å². The Hall–Kier alpha value is -0.650. The third-order valence-electron chi connectivity index (χ3n) is 2.04. The molecule has 1 heterocycles. The maximum atomic E-state index is 11.4. The number of β-amino-alcohol motifs (C(OH)–C–C–N with tert-alkyl or cyclic N) is 1. The number of nitrogens with zero attached hydrogens (tertiary/aromatic N) is 1. The van der Waals surface area contributed by atoms with E-state index in [1.165, 1.54) is 12.0 Å². The summed E-state index contributed by atoms with van der Waals surface area (Å²) in [5, 5.41) is 9.38. The SMILES string of the molecule is COCC(N)C(=O)N1CC(C)(O)C1. The largest absolute Gasteiger partial charge is 0.386 e. The minimum Gasteiger partial charge on any atom is -0.386 e. The van der Waals surface area contributed by atoms with E-state index in [0.29, 0.717) is 13.1 Å². The summed E-state index contributed by atoms with van der Waals surface area (Å²) >= 11 is 0. The van der Waals surface area contributed by atoms with Gasteiger partial charge in [0, 0.05) is 7.11 Å². The summed E-state index contributed by atoms with van der Waals surface area (Å²) in [5.41, 5.74) is 4.80. The Balaban J connectivity index is 2.34. The molecular weight excluding hydrogens is 172 g/mol.